The van der Waals surface area contributed by atoms with E-state index in [0.717, 1.165) is 28.5 Å². The molecular formula is C10H18N4O4S3. The summed E-state index contributed by atoms with van der Waals surface area (Å²) < 4.78 is 50.7. The van der Waals surface area contributed by atoms with Gasteiger partial charge in [0.2, 0.25) is 25.2 Å². The standard InChI is InChI=1S/C10H18N4O4S3/c1-13(10-12-11-9-19-10)20(15,16)7-4-8-21(17,18)14-5-2-3-6-14/h9H,2-8H2,1H3. The molecule has 0 amide bonds. The lowest BCUT2D eigenvalue weighted by Crippen LogP contribution is -2.33. The van der Waals surface area contributed by atoms with Gasteiger partial charge in [-0.1, -0.05) is 11.3 Å². The van der Waals surface area contributed by atoms with Gasteiger partial charge in [0.15, 0.2) is 0 Å². The summed E-state index contributed by atoms with van der Waals surface area (Å²) in [5, 5.41) is 7.55. The molecule has 21 heavy (non-hydrogen) atoms. The van der Waals surface area contributed by atoms with Gasteiger partial charge in [-0.3, -0.25) is 0 Å². The highest BCUT2D eigenvalue weighted by Crippen LogP contribution is 2.19. The molecule has 0 spiro atoms. The molecule has 1 aromatic heterocycles. The van der Waals surface area contributed by atoms with Crippen molar-refractivity contribution in [2.45, 2.75) is 19.3 Å². The zero-order valence-electron chi connectivity index (χ0n) is 11.7. The maximum absolute atomic E-state index is 12.1. The normalized spacial score (nSPS) is 17.2. The van der Waals surface area contributed by atoms with Crippen LogP contribution in [0.2, 0.25) is 0 Å². The Balaban J connectivity index is 1.90. The second kappa shape index (κ2) is 6.55. The molecule has 1 aromatic rings. The first kappa shape index (κ1) is 16.6. The van der Waals surface area contributed by atoms with Crippen molar-refractivity contribution in [3.05, 3.63) is 5.51 Å². The highest BCUT2D eigenvalue weighted by molar-refractivity contribution is 7.93. The molecule has 0 N–H and O–H groups in total. The highest BCUT2D eigenvalue weighted by atomic mass is 32.2. The fraction of sp³-hybridized carbons (Fsp3) is 0.800. The van der Waals surface area contributed by atoms with Crippen LogP contribution in [0.3, 0.4) is 0 Å². The van der Waals surface area contributed by atoms with Gasteiger partial charge < -0.3 is 0 Å². The van der Waals surface area contributed by atoms with Gasteiger partial charge in [-0.2, -0.15) is 0 Å². The fourth-order valence-corrected chi connectivity index (χ4v) is 5.80. The van der Waals surface area contributed by atoms with E-state index >= 15 is 0 Å². The van der Waals surface area contributed by atoms with Gasteiger partial charge in [-0.05, 0) is 19.3 Å². The lowest BCUT2D eigenvalue weighted by atomic mass is 10.4. The lowest BCUT2D eigenvalue weighted by Gasteiger charge is -2.17. The van der Waals surface area contributed by atoms with Crippen molar-refractivity contribution in [2.24, 2.45) is 0 Å². The summed E-state index contributed by atoms with van der Waals surface area (Å²) in [5.41, 5.74) is 1.44. The quantitative estimate of drug-likeness (QED) is 0.689. The number of sulfonamides is 2. The molecule has 1 fully saturated rings. The number of hydrogen-bond donors (Lipinski definition) is 0. The van der Waals surface area contributed by atoms with Gasteiger partial charge in [0.1, 0.15) is 5.51 Å². The molecule has 0 saturated carbocycles. The van der Waals surface area contributed by atoms with Gasteiger partial charge >= 0.3 is 0 Å². The molecule has 1 aliphatic rings. The third kappa shape index (κ3) is 4.11. The van der Waals surface area contributed by atoms with E-state index in [9.17, 15) is 16.8 Å². The molecular weight excluding hydrogens is 336 g/mol. The molecule has 1 aliphatic heterocycles. The number of anilines is 1. The molecule has 0 atom stereocenters. The van der Waals surface area contributed by atoms with Crippen molar-refractivity contribution < 1.29 is 16.8 Å². The van der Waals surface area contributed by atoms with Gasteiger partial charge in [-0.15, -0.1) is 10.2 Å². The van der Waals surface area contributed by atoms with E-state index in [1.165, 1.54) is 16.9 Å². The minimum Gasteiger partial charge on any atom is -0.247 e. The number of hydrogen-bond acceptors (Lipinski definition) is 7. The Kier molecular flexibility index (Phi) is 5.17. The topological polar surface area (TPSA) is 101 Å². The van der Waals surface area contributed by atoms with Crippen molar-refractivity contribution in [2.75, 3.05) is 35.9 Å². The minimum absolute atomic E-state index is 0.0737. The molecule has 0 radical (unpaired) electrons. The van der Waals surface area contributed by atoms with Gasteiger partial charge in [0.25, 0.3) is 0 Å². The van der Waals surface area contributed by atoms with Gasteiger partial charge in [-0.25, -0.2) is 25.4 Å². The Hall–Kier alpha value is -0.780. The van der Waals surface area contributed by atoms with E-state index in [1.807, 2.05) is 0 Å². The zero-order valence-corrected chi connectivity index (χ0v) is 14.1. The molecule has 1 saturated heterocycles. The van der Waals surface area contributed by atoms with Crippen LogP contribution in [0.4, 0.5) is 5.13 Å². The summed E-state index contributed by atoms with van der Waals surface area (Å²) in [7, 11) is -5.51. The van der Waals surface area contributed by atoms with Crippen LogP contribution in [-0.4, -0.2) is 63.0 Å². The SMILES string of the molecule is CN(c1nncs1)S(=O)(=O)CCCS(=O)(=O)N1CCCC1. The summed E-state index contributed by atoms with van der Waals surface area (Å²) in [6.45, 7) is 1.08. The lowest BCUT2D eigenvalue weighted by molar-refractivity contribution is 0.476. The second-order valence-electron chi connectivity index (χ2n) is 4.78. The number of nitrogens with zero attached hydrogens (tertiary/aromatic N) is 4. The molecule has 0 bridgehead atoms. The Morgan fingerprint density at radius 1 is 1.24 bits per heavy atom. The Labute approximate surface area is 128 Å². The Morgan fingerprint density at radius 3 is 2.48 bits per heavy atom. The van der Waals surface area contributed by atoms with Crippen LogP contribution in [0, 0.1) is 0 Å². The molecule has 11 heteroatoms. The summed E-state index contributed by atoms with van der Waals surface area (Å²) in [4.78, 5) is 0. The smallest absolute Gasteiger partial charge is 0.236 e. The molecule has 120 valence electrons. The highest BCUT2D eigenvalue weighted by Gasteiger charge is 2.27. The van der Waals surface area contributed by atoms with Crippen LogP contribution < -0.4 is 4.31 Å². The fourth-order valence-electron chi connectivity index (χ4n) is 2.08. The van der Waals surface area contributed by atoms with Crippen molar-refractivity contribution >= 4 is 36.5 Å². The van der Waals surface area contributed by atoms with Gasteiger partial charge in [0.05, 0.1) is 11.5 Å². The minimum atomic E-state index is -3.57. The number of aromatic nitrogens is 2. The Morgan fingerprint density at radius 2 is 1.90 bits per heavy atom. The zero-order chi connectivity index (χ0) is 15.5. The first-order chi connectivity index (χ1) is 9.83. The maximum Gasteiger partial charge on any atom is 0.236 e. The van der Waals surface area contributed by atoms with E-state index in [1.54, 1.807) is 0 Å². The maximum atomic E-state index is 12.1. The average Bonchev–Trinajstić information content (AvgIpc) is 3.10. The van der Waals surface area contributed by atoms with Crippen molar-refractivity contribution in [3.8, 4) is 0 Å². The summed E-state index contributed by atoms with van der Waals surface area (Å²) in [6.07, 6.45) is 1.82. The van der Waals surface area contributed by atoms with E-state index in [-0.39, 0.29) is 23.1 Å². The molecule has 8 nitrogen and oxygen atoms in total. The summed E-state index contributed by atoms with van der Waals surface area (Å²) in [6, 6.07) is 0. The molecule has 2 rings (SSSR count). The van der Waals surface area contributed by atoms with E-state index in [0.29, 0.717) is 13.1 Å². The average molecular weight is 354 g/mol. The Bertz CT molecular complexity index is 650. The largest absolute Gasteiger partial charge is 0.247 e. The van der Waals surface area contributed by atoms with Crippen LogP contribution in [-0.2, 0) is 20.0 Å². The third-order valence-corrected chi connectivity index (χ3v) is 7.95. The summed E-state index contributed by atoms with van der Waals surface area (Å²) in [5.74, 6) is -0.369. The van der Waals surface area contributed by atoms with Crippen LogP contribution in [0.15, 0.2) is 5.51 Å². The first-order valence-corrected chi connectivity index (χ1v) is 10.6. The summed E-state index contributed by atoms with van der Waals surface area (Å²) >= 11 is 1.12. The molecule has 0 aliphatic carbocycles. The molecule has 2 heterocycles. The third-order valence-electron chi connectivity index (χ3n) is 3.30. The van der Waals surface area contributed by atoms with E-state index in [4.69, 9.17) is 0 Å². The van der Waals surface area contributed by atoms with Crippen LogP contribution in [0.25, 0.3) is 0 Å². The predicted octanol–water partition coefficient (Wildman–Crippen LogP) is 0.120. The second-order valence-corrected chi connectivity index (χ2v) is 9.80. The van der Waals surface area contributed by atoms with Crippen LogP contribution in [0.1, 0.15) is 19.3 Å². The van der Waals surface area contributed by atoms with Crippen LogP contribution in [0.5, 0.6) is 0 Å². The van der Waals surface area contributed by atoms with E-state index < -0.39 is 20.0 Å². The predicted molar refractivity (Wildman–Crippen MR) is 81.3 cm³/mol. The van der Waals surface area contributed by atoms with Crippen LogP contribution >= 0.6 is 11.3 Å². The van der Waals surface area contributed by atoms with Crippen molar-refractivity contribution in [1.82, 2.24) is 14.5 Å². The number of rotatable bonds is 7. The monoisotopic (exact) mass is 354 g/mol. The van der Waals surface area contributed by atoms with Gasteiger partial charge in [0, 0.05) is 20.1 Å². The van der Waals surface area contributed by atoms with Crippen molar-refractivity contribution in [3.63, 3.8) is 0 Å². The molecule has 0 aromatic carbocycles. The van der Waals surface area contributed by atoms with Crippen molar-refractivity contribution in [1.29, 1.82) is 0 Å². The van der Waals surface area contributed by atoms with E-state index in [2.05, 4.69) is 10.2 Å². The molecule has 0 unspecified atom stereocenters. The first-order valence-electron chi connectivity index (χ1n) is 6.53.